The zero-order valence-corrected chi connectivity index (χ0v) is 10.7. The van der Waals surface area contributed by atoms with Gasteiger partial charge in [-0.05, 0) is 31.2 Å². The molecule has 0 saturated carbocycles. The Morgan fingerprint density at radius 3 is 2.76 bits per heavy atom. The van der Waals surface area contributed by atoms with Crippen molar-refractivity contribution >= 4 is 27.7 Å². The summed E-state index contributed by atoms with van der Waals surface area (Å²) in [6, 6.07) is 7.06. The Morgan fingerprint density at radius 2 is 2.12 bits per heavy atom. The minimum absolute atomic E-state index is 0.219. The highest BCUT2D eigenvalue weighted by atomic mass is 79.9. The Balaban J connectivity index is 2.14. The van der Waals surface area contributed by atoms with E-state index in [2.05, 4.69) is 31.2 Å². The third kappa shape index (κ3) is 3.10. The number of anilines is 1. The summed E-state index contributed by atoms with van der Waals surface area (Å²) in [5.41, 5.74) is 1.39. The first-order chi connectivity index (χ1) is 8.15. The number of carbonyl (C=O) groups is 1. The van der Waals surface area contributed by atoms with Crippen LogP contribution in [-0.2, 0) is 0 Å². The molecule has 4 nitrogen and oxygen atoms in total. The van der Waals surface area contributed by atoms with Crippen LogP contribution in [0.5, 0.6) is 0 Å². The summed E-state index contributed by atoms with van der Waals surface area (Å²) in [4.78, 5) is 19.9. The summed E-state index contributed by atoms with van der Waals surface area (Å²) in [5, 5.41) is 2.70. The van der Waals surface area contributed by atoms with Crippen LogP contribution in [0.3, 0.4) is 0 Å². The molecule has 0 aliphatic carbocycles. The van der Waals surface area contributed by atoms with Gasteiger partial charge in [-0.25, -0.2) is 4.98 Å². The Bertz CT molecular complexity index is 540. The van der Waals surface area contributed by atoms with Crippen molar-refractivity contribution in [1.82, 2.24) is 9.97 Å². The van der Waals surface area contributed by atoms with Crippen LogP contribution < -0.4 is 5.32 Å². The molecule has 0 unspecified atom stereocenters. The Morgan fingerprint density at radius 1 is 1.29 bits per heavy atom. The second kappa shape index (κ2) is 5.05. The van der Waals surface area contributed by atoms with Crippen molar-refractivity contribution in [2.45, 2.75) is 6.92 Å². The van der Waals surface area contributed by atoms with E-state index in [9.17, 15) is 4.79 Å². The number of hydrogen-bond donors (Lipinski definition) is 1. The maximum Gasteiger partial charge on any atom is 0.258 e. The highest BCUT2D eigenvalue weighted by Gasteiger charge is 2.06. The molecule has 86 valence electrons. The number of nitrogens with zero attached hydrogens (tertiary/aromatic N) is 2. The molecule has 2 aromatic rings. The standard InChI is InChI=1S/C12H10BrN3O/c1-8-2-3-9(7-15-8)12(17)16-11-6-10(13)4-5-14-11/h2-7H,1H3,(H,14,16,17). The van der Waals surface area contributed by atoms with Gasteiger partial charge in [0.15, 0.2) is 0 Å². The number of amides is 1. The van der Waals surface area contributed by atoms with E-state index in [1.807, 2.05) is 6.92 Å². The van der Waals surface area contributed by atoms with E-state index >= 15 is 0 Å². The SMILES string of the molecule is Cc1ccc(C(=O)Nc2cc(Br)ccn2)cn1. The molecule has 1 N–H and O–H groups in total. The van der Waals surface area contributed by atoms with Gasteiger partial charge in [0.2, 0.25) is 0 Å². The predicted molar refractivity (Wildman–Crippen MR) is 68.9 cm³/mol. The van der Waals surface area contributed by atoms with Crippen molar-refractivity contribution in [1.29, 1.82) is 0 Å². The van der Waals surface area contributed by atoms with Crippen LogP contribution in [-0.4, -0.2) is 15.9 Å². The number of aromatic nitrogens is 2. The lowest BCUT2D eigenvalue weighted by Gasteiger charge is -2.04. The van der Waals surface area contributed by atoms with E-state index in [0.717, 1.165) is 10.2 Å². The van der Waals surface area contributed by atoms with Gasteiger partial charge in [0.05, 0.1) is 5.56 Å². The summed E-state index contributed by atoms with van der Waals surface area (Å²) < 4.78 is 0.866. The van der Waals surface area contributed by atoms with Crippen LogP contribution in [0.1, 0.15) is 16.1 Å². The molecule has 17 heavy (non-hydrogen) atoms. The second-order valence-electron chi connectivity index (χ2n) is 3.50. The van der Waals surface area contributed by atoms with Crippen LogP contribution in [0, 0.1) is 6.92 Å². The van der Waals surface area contributed by atoms with E-state index in [-0.39, 0.29) is 5.91 Å². The molecular weight excluding hydrogens is 282 g/mol. The first-order valence-corrected chi connectivity index (χ1v) is 5.80. The number of nitrogens with one attached hydrogen (secondary N) is 1. The summed E-state index contributed by atoms with van der Waals surface area (Å²) in [5.74, 6) is 0.285. The normalized spacial score (nSPS) is 10.0. The van der Waals surface area contributed by atoms with E-state index in [1.165, 1.54) is 0 Å². The Kier molecular flexibility index (Phi) is 3.49. The topological polar surface area (TPSA) is 54.9 Å². The van der Waals surface area contributed by atoms with Gasteiger partial charge in [-0.3, -0.25) is 9.78 Å². The van der Waals surface area contributed by atoms with Gasteiger partial charge in [-0.1, -0.05) is 15.9 Å². The molecule has 0 radical (unpaired) electrons. The van der Waals surface area contributed by atoms with Gasteiger partial charge in [-0.2, -0.15) is 0 Å². The average Bonchev–Trinajstić information content (AvgIpc) is 2.29. The van der Waals surface area contributed by atoms with E-state index < -0.39 is 0 Å². The number of aryl methyl sites for hydroxylation is 1. The third-order valence-corrected chi connectivity index (χ3v) is 2.63. The minimum Gasteiger partial charge on any atom is -0.306 e. The highest BCUT2D eigenvalue weighted by molar-refractivity contribution is 9.10. The van der Waals surface area contributed by atoms with Crippen LogP contribution in [0.25, 0.3) is 0 Å². The van der Waals surface area contributed by atoms with Crippen molar-refractivity contribution in [3.05, 3.63) is 52.4 Å². The Labute approximate surface area is 107 Å². The van der Waals surface area contributed by atoms with Gasteiger partial charge >= 0.3 is 0 Å². The molecule has 0 bridgehead atoms. The van der Waals surface area contributed by atoms with Crippen molar-refractivity contribution in [2.24, 2.45) is 0 Å². The van der Waals surface area contributed by atoms with Crippen LogP contribution >= 0.6 is 15.9 Å². The summed E-state index contributed by atoms with van der Waals surface area (Å²) in [6.45, 7) is 1.87. The fourth-order valence-corrected chi connectivity index (χ4v) is 1.60. The molecule has 0 spiro atoms. The van der Waals surface area contributed by atoms with Crippen molar-refractivity contribution < 1.29 is 4.79 Å². The summed E-state index contributed by atoms with van der Waals surface area (Å²) in [7, 11) is 0. The average molecular weight is 292 g/mol. The lowest BCUT2D eigenvalue weighted by Crippen LogP contribution is -2.13. The maximum atomic E-state index is 11.8. The molecule has 5 heteroatoms. The molecule has 2 rings (SSSR count). The van der Waals surface area contributed by atoms with Gasteiger partial charge in [0, 0.05) is 22.6 Å². The van der Waals surface area contributed by atoms with Crippen molar-refractivity contribution in [3.8, 4) is 0 Å². The first-order valence-electron chi connectivity index (χ1n) is 5.01. The molecule has 0 aliphatic rings. The van der Waals surface area contributed by atoms with Gasteiger partial charge in [0.25, 0.3) is 5.91 Å². The first kappa shape index (κ1) is 11.7. The monoisotopic (exact) mass is 291 g/mol. The maximum absolute atomic E-state index is 11.8. The largest absolute Gasteiger partial charge is 0.306 e. The smallest absolute Gasteiger partial charge is 0.258 e. The third-order valence-electron chi connectivity index (χ3n) is 2.14. The minimum atomic E-state index is -0.219. The summed E-state index contributed by atoms with van der Waals surface area (Å²) in [6.07, 6.45) is 3.16. The zero-order chi connectivity index (χ0) is 12.3. The highest BCUT2D eigenvalue weighted by Crippen LogP contribution is 2.13. The molecule has 0 aliphatic heterocycles. The molecule has 0 saturated heterocycles. The molecule has 2 aromatic heterocycles. The van der Waals surface area contributed by atoms with Crippen molar-refractivity contribution in [3.63, 3.8) is 0 Å². The molecule has 2 heterocycles. The van der Waals surface area contributed by atoms with E-state index in [1.54, 1.807) is 36.7 Å². The number of halogens is 1. The number of pyridine rings is 2. The molecule has 1 amide bonds. The van der Waals surface area contributed by atoms with Gasteiger partial charge < -0.3 is 5.32 Å². The van der Waals surface area contributed by atoms with Gasteiger partial charge in [0.1, 0.15) is 5.82 Å². The van der Waals surface area contributed by atoms with Crippen LogP contribution in [0.4, 0.5) is 5.82 Å². The molecular formula is C12H10BrN3O. The van der Waals surface area contributed by atoms with E-state index in [0.29, 0.717) is 11.4 Å². The number of carbonyl (C=O) groups excluding carboxylic acids is 1. The molecule has 0 atom stereocenters. The second-order valence-corrected chi connectivity index (χ2v) is 4.42. The van der Waals surface area contributed by atoms with Crippen molar-refractivity contribution in [2.75, 3.05) is 5.32 Å². The quantitative estimate of drug-likeness (QED) is 0.926. The lowest BCUT2D eigenvalue weighted by molar-refractivity contribution is 0.102. The number of hydrogen-bond acceptors (Lipinski definition) is 3. The zero-order valence-electron chi connectivity index (χ0n) is 9.14. The molecule has 0 fully saturated rings. The summed E-state index contributed by atoms with van der Waals surface area (Å²) >= 11 is 3.31. The Hall–Kier alpha value is -1.75. The fourth-order valence-electron chi connectivity index (χ4n) is 1.26. The van der Waals surface area contributed by atoms with Crippen LogP contribution in [0.2, 0.25) is 0 Å². The number of rotatable bonds is 2. The molecule has 0 aromatic carbocycles. The van der Waals surface area contributed by atoms with E-state index in [4.69, 9.17) is 0 Å². The fraction of sp³-hybridized carbons (Fsp3) is 0.0833. The predicted octanol–water partition coefficient (Wildman–Crippen LogP) is 2.80. The van der Waals surface area contributed by atoms with Crippen LogP contribution in [0.15, 0.2) is 41.1 Å². The lowest BCUT2D eigenvalue weighted by atomic mass is 10.2. The van der Waals surface area contributed by atoms with Gasteiger partial charge in [-0.15, -0.1) is 0 Å².